The van der Waals surface area contributed by atoms with Crippen molar-refractivity contribution < 1.29 is 33.9 Å². The number of guanidine groups is 2. The molecule has 1 rings (SSSR count). The molecule has 0 fully saturated rings. The van der Waals surface area contributed by atoms with E-state index >= 15 is 0 Å². The average Bonchev–Trinajstić information content (AvgIpc) is 3.04. The van der Waals surface area contributed by atoms with Crippen LogP contribution in [0.1, 0.15) is 64.4 Å². The number of carboxylic acids is 1. The molecule has 17 N–H and O–H groups in total. The molecule has 284 valence electrons. The van der Waals surface area contributed by atoms with Crippen LogP contribution in [0.4, 0.5) is 0 Å². The van der Waals surface area contributed by atoms with E-state index in [0.717, 1.165) is 0 Å². The number of benzene rings is 1. The van der Waals surface area contributed by atoms with Crippen LogP contribution in [0.5, 0.6) is 0 Å². The maximum atomic E-state index is 13.7. The summed E-state index contributed by atoms with van der Waals surface area (Å²) >= 11 is 0. The molecule has 0 aliphatic carbocycles. The lowest BCUT2D eigenvalue weighted by Crippen LogP contribution is -2.58. The molecular weight excluding hydrogens is 664 g/mol. The summed E-state index contributed by atoms with van der Waals surface area (Å²) in [6.07, 6.45) is 0.241. The summed E-state index contributed by atoms with van der Waals surface area (Å²) in [6, 6.07) is 2.44. The highest BCUT2D eigenvalue weighted by atomic mass is 16.4. The zero-order valence-corrected chi connectivity index (χ0v) is 29.2. The van der Waals surface area contributed by atoms with Crippen LogP contribution >= 0.6 is 0 Å². The Morgan fingerprint density at radius 2 is 1.10 bits per heavy atom. The number of carbonyl (C=O) groups is 6. The maximum Gasteiger partial charge on any atom is 0.326 e. The van der Waals surface area contributed by atoms with E-state index in [9.17, 15) is 33.9 Å². The van der Waals surface area contributed by atoms with Crippen molar-refractivity contribution in [2.24, 2.45) is 50.3 Å². The SMILES string of the molecule is CC(C)CC(N)C(=O)NC(CCCN=C(N)N)C(=O)NC(CCCN=C(N)N)C(=O)NC(CCC(N)=O)C(=O)NC(Cc1ccccc1)C(=O)O. The van der Waals surface area contributed by atoms with Crippen LogP contribution in [0.15, 0.2) is 40.3 Å². The Morgan fingerprint density at radius 3 is 1.51 bits per heavy atom. The van der Waals surface area contributed by atoms with Gasteiger partial charge in [0.25, 0.3) is 0 Å². The molecule has 1 aromatic rings. The number of rotatable bonds is 24. The zero-order valence-electron chi connectivity index (χ0n) is 29.2. The number of hydrogen-bond acceptors (Lipinski definition) is 9. The molecule has 5 amide bonds. The number of hydrogen-bond donors (Lipinski definition) is 11. The summed E-state index contributed by atoms with van der Waals surface area (Å²) < 4.78 is 0. The lowest BCUT2D eigenvalue weighted by Gasteiger charge is -2.26. The van der Waals surface area contributed by atoms with Crippen molar-refractivity contribution in [3.05, 3.63) is 35.9 Å². The van der Waals surface area contributed by atoms with E-state index in [1.54, 1.807) is 30.3 Å². The summed E-state index contributed by atoms with van der Waals surface area (Å²) in [5.74, 6) is -5.37. The summed E-state index contributed by atoms with van der Waals surface area (Å²) in [5.41, 5.74) is 33.6. The van der Waals surface area contributed by atoms with Crippen LogP contribution in [0.25, 0.3) is 0 Å². The molecule has 51 heavy (non-hydrogen) atoms. The lowest BCUT2D eigenvalue weighted by atomic mass is 10.0. The molecule has 5 atom stereocenters. The number of nitrogens with one attached hydrogen (secondary N) is 4. The van der Waals surface area contributed by atoms with Gasteiger partial charge in [0.2, 0.25) is 29.5 Å². The fraction of sp³-hybridized carbons (Fsp3) is 0.562. The van der Waals surface area contributed by atoms with Gasteiger partial charge in [-0.1, -0.05) is 44.2 Å². The quantitative estimate of drug-likeness (QED) is 0.0289. The van der Waals surface area contributed by atoms with Crippen LogP contribution in [0.3, 0.4) is 0 Å². The van der Waals surface area contributed by atoms with Crippen molar-refractivity contribution in [1.29, 1.82) is 0 Å². The van der Waals surface area contributed by atoms with Gasteiger partial charge in [0.15, 0.2) is 11.9 Å². The van der Waals surface area contributed by atoms with E-state index in [4.69, 9.17) is 34.4 Å². The number of nitrogens with zero attached hydrogens (tertiary/aromatic N) is 2. The monoisotopic (exact) mass is 718 g/mol. The second-order valence-electron chi connectivity index (χ2n) is 12.4. The van der Waals surface area contributed by atoms with Crippen LogP contribution in [-0.4, -0.2) is 95.8 Å². The molecule has 0 aliphatic heterocycles. The molecule has 5 unspecified atom stereocenters. The maximum absolute atomic E-state index is 13.7. The first-order valence-corrected chi connectivity index (χ1v) is 16.6. The van der Waals surface area contributed by atoms with Gasteiger partial charge in [-0.2, -0.15) is 0 Å². The van der Waals surface area contributed by atoms with Crippen molar-refractivity contribution in [2.75, 3.05) is 13.1 Å². The zero-order chi connectivity index (χ0) is 38.5. The minimum absolute atomic E-state index is 0.0220. The Hall–Kier alpha value is -5.46. The summed E-state index contributed by atoms with van der Waals surface area (Å²) in [4.78, 5) is 85.1. The molecule has 19 heteroatoms. The number of aliphatic carboxylic acids is 1. The Bertz CT molecular complexity index is 1370. The van der Waals surface area contributed by atoms with E-state index in [2.05, 4.69) is 31.3 Å². The largest absolute Gasteiger partial charge is 0.480 e. The minimum atomic E-state index is -1.41. The van der Waals surface area contributed by atoms with Gasteiger partial charge in [0.1, 0.15) is 24.2 Å². The van der Waals surface area contributed by atoms with Gasteiger partial charge in [-0.05, 0) is 50.0 Å². The normalized spacial score (nSPS) is 13.7. The van der Waals surface area contributed by atoms with Gasteiger partial charge in [-0.15, -0.1) is 0 Å². The van der Waals surface area contributed by atoms with Crippen molar-refractivity contribution in [3.63, 3.8) is 0 Å². The second kappa shape index (κ2) is 23.0. The van der Waals surface area contributed by atoms with Crippen molar-refractivity contribution in [2.45, 2.75) is 95.4 Å². The van der Waals surface area contributed by atoms with E-state index in [1.807, 2.05) is 13.8 Å². The summed E-state index contributed by atoms with van der Waals surface area (Å²) in [7, 11) is 0. The van der Waals surface area contributed by atoms with E-state index in [-0.39, 0.29) is 75.9 Å². The Morgan fingerprint density at radius 1 is 0.667 bits per heavy atom. The molecule has 0 bridgehead atoms. The number of primary amides is 1. The second-order valence-corrected chi connectivity index (χ2v) is 12.4. The molecule has 0 saturated heterocycles. The summed E-state index contributed by atoms with van der Waals surface area (Å²) in [6.45, 7) is 4.02. The van der Waals surface area contributed by atoms with Gasteiger partial charge < -0.3 is 60.8 Å². The van der Waals surface area contributed by atoms with Crippen LogP contribution < -0.4 is 55.7 Å². The van der Waals surface area contributed by atoms with Crippen molar-refractivity contribution in [3.8, 4) is 0 Å². The van der Waals surface area contributed by atoms with Crippen LogP contribution in [0, 0.1) is 5.92 Å². The fourth-order valence-corrected chi connectivity index (χ4v) is 4.86. The van der Waals surface area contributed by atoms with Crippen LogP contribution in [0.2, 0.25) is 0 Å². The first kappa shape index (κ1) is 43.6. The highest BCUT2D eigenvalue weighted by Crippen LogP contribution is 2.09. The first-order chi connectivity index (χ1) is 24.0. The van der Waals surface area contributed by atoms with Crippen LogP contribution in [-0.2, 0) is 35.2 Å². The van der Waals surface area contributed by atoms with E-state index < -0.39 is 65.7 Å². The molecule has 1 aromatic carbocycles. The standard InChI is InChI=1S/C32H54N12O7/c1-18(2)16-20(33)26(46)41-21(10-6-14-39-31(35)36)27(47)42-22(11-7-15-40-32(37)38)28(48)43-23(12-13-25(34)45)29(49)44-24(30(50)51)17-19-8-4-3-5-9-19/h3-5,8-9,18,20-24H,6-7,10-17,33H2,1-2H3,(H2,34,45)(H,41,46)(H,42,47)(H,43,48)(H,44,49)(H,50,51)(H4,35,36,39)(H4,37,38,40). The predicted molar refractivity (Wildman–Crippen MR) is 191 cm³/mol. The summed E-state index contributed by atoms with van der Waals surface area (Å²) in [5, 5.41) is 20.0. The molecule has 19 nitrogen and oxygen atoms in total. The molecule has 0 heterocycles. The van der Waals surface area contributed by atoms with Gasteiger partial charge in [-0.3, -0.25) is 34.0 Å². The average molecular weight is 719 g/mol. The lowest BCUT2D eigenvalue weighted by molar-refractivity contribution is -0.142. The third kappa shape index (κ3) is 18.8. The number of aliphatic imine (C=N–C) groups is 2. The van der Waals surface area contributed by atoms with Gasteiger partial charge in [-0.25, -0.2) is 4.79 Å². The molecule has 0 spiro atoms. The smallest absolute Gasteiger partial charge is 0.326 e. The predicted octanol–water partition coefficient (Wildman–Crippen LogP) is -3.00. The van der Waals surface area contributed by atoms with Crippen molar-refractivity contribution in [1.82, 2.24) is 21.3 Å². The number of nitrogens with two attached hydrogens (primary N) is 6. The Kier molecular flexibility index (Phi) is 19.7. The highest BCUT2D eigenvalue weighted by molar-refractivity contribution is 5.95. The Labute approximate surface area is 297 Å². The third-order valence-corrected chi connectivity index (χ3v) is 7.43. The fourth-order valence-electron chi connectivity index (χ4n) is 4.86. The van der Waals surface area contributed by atoms with E-state index in [0.29, 0.717) is 12.0 Å². The highest BCUT2D eigenvalue weighted by Gasteiger charge is 2.32. The molecule has 0 saturated carbocycles. The Balaban J connectivity index is 3.30. The molecule has 0 aliphatic rings. The van der Waals surface area contributed by atoms with Gasteiger partial charge in [0.05, 0.1) is 6.04 Å². The number of carboxylic acid groups (broad SMARTS) is 1. The minimum Gasteiger partial charge on any atom is -0.480 e. The molecular formula is C32H54N12O7. The molecule has 0 radical (unpaired) electrons. The topological polar surface area (TPSA) is 352 Å². The van der Waals surface area contributed by atoms with Gasteiger partial charge >= 0.3 is 5.97 Å². The number of amides is 5. The third-order valence-electron chi connectivity index (χ3n) is 7.43. The number of carbonyl (C=O) groups excluding carboxylic acids is 5. The first-order valence-electron chi connectivity index (χ1n) is 16.6. The molecule has 0 aromatic heterocycles. The van der Waals surface area contributed by atoms with Crippen molar-refractivity contribution >= 4 is 47.4 Å². The van der Waals surface area contributed by atoms with Gasteiger partial charge in [0, 0.05) is 25.9 Å². The van der Waals surface area contributed by atoms with E-state index in [1.165, 1.54) is 0 Å².